The highest BCUT2D eigenvalue weighted by atomic mass is 16.5. The van der Waals surface area contributed by atoms with Crippen molar-refractivity contribution < 1.29 is 9.53 Å². The van der Waals surface area contributed by atoms with Crippen molar-refractivity contribution in [2.75, 3.05) is 32.1 Å². The zero-order chi connectivity index (χ0) is 12.8. The fourth-order valence-electron chi connectivity index (χ4n) is 1.95. The van der Waals surface area contributed by atoms with Gasteiger partial charge in [-0.25, -0.2) is 4.98 Å². The van der Waals surface area contributed by atoms with E-state index in [4.69, 9.17) is 4.74 Å². The highest BCUT2D eigenvalue weighted by molar-refractivity contribution is 5.92. The molecule has 2 heterocycles. The van der Waals surface area contributed by atoms with Crippen LogP contribution in [-0.2, 0) is 11.3 Å². The van der Waals surface area contributed by atoms with Crippen molar-refractivity contribution in [3.8, 4) is 0 Å². The minimum Gasteiger partial charge on any atom is -0.385 e. The minimum atomic E-state index is -0.101. The first-order chi connectivity index (χ1) is 8.81. The molecule has 6 nitrogen and oxygen atoms in total. The molecule has 1 aromatic rings. The molecule has 2 N–H and O–H groups in total. The highest BCUT2D eigenvalue weighted by Crippen LogP contribution is 2.13. The molecule has 18 heavy (non-hydrogen) atoms. The lowest BCUT2D eigenvalue weighted by Crippen LogP contribution is -2.25. The van der Waals surface area contributed by atoms with Crippen LogP contribution in [0.3, 0.4) is 0 Å². The standard InChI is InChI=1S/C12H20N4O2/c1-18-8-3-2-5-13-11(17)10-9-16-7-4-6-14-12(16)15-10/h9H,2-8H2,1H3,(H,13,17)(H,14,15). The zero-order valence-electron chi connectivity index (χ0n) is 10.7. The lowest BCUT2D eigenvalue weighted by atomic mass is 10.3. The SMILES string of the molecule is COCCCCNC(=O)c1cn2c(n1)NCCC2. The molecule has 1 aromatic heterocycles. The molecule has 0 unspecified atom stereocenters. The van der Waals surface area contributed by atoms with E-state index in [1.54, 1.807) is 7.11 Å². The van der Waals surface area contributed by atoms with Crippen molar-refractivity contribution in [2.24, 2.45) is 0 Å². The van der Waals surface area contributed by atoms with Gasteiger partial charge in [0.2, 0.25) is 5.95 Å². The summed E-state index contributed by atoms with van der Waals surface area (Å²) in [4.78, 5) is 16.1. The van der Waals surface area contributed by atoms with Crippen LogP contribution in [0.5, 0.6) is 0 Å². The van der Waals surface area contributed by atoms with Crippen molar-refractivity contribution >= 4 is 11.9 Å². The first kappa shape index (κ1) is 12.9. The van der Waals surface area contributed by atoms with Crippen molar-refractivity contribution in [1.29, 1.82) is 0 Å². The Labute approximate surface area is 107 Å². The van der Waals surface area contributed by atoms with Gasteiger partial charge in [-0.2, -0.15) is 0 Å². The number of aryl methyl sites for hydroxylation is 1. The Kier molecular flexibility index (Phi) is 4.58. The van der Waals surface area contributed by atoms with Crippen molar-refractivity contribution in [1.82, 2.24) is 14.9 Å². The summed E-state index contributed by atoms with van der Waals surface area (Å²) in [5, 5.41) is 6.05. The largest absolute Gasteiger partial charge is 0.385 e. The van der Waals surface area contributed by atoms with E-state index in [9.17, 15) is 4.79 Å². The number of imidazole rings is 1. The predicted molar refractivity (Wildman–Crippen MR) is 68.8 cm³/mol. The van der Waals surface area contributed by atoms with E-state index in [0.717, 1.165) is 44.9 Å². The average molecular weight is 252 g/mol. The fourth-order valence-corrected chi connectivity index (χ4v) is 1.95. The predicted octanol–water partition coefficient (Wildman–Crippen LogP) is 0.855. The van der Waals surface area contributed by atoms with Crippen LogP contribution < -0.4 is 10.6 Å². The lowest BCUT2D eigenvalue weighted by Gasteiger charge is -2.14. The van der Waals surface area contributed by atoms with Crippen molar-refractivity contribution in [3.63, 3.8) is 0 Å². The third-order valence-corrected chi connectivity index (χ3v) is 2.93. The molecule has 1 aliphatic rings. The van der Waals surface area contributed by atoms with Crippen LogP contribution >= 0.6 is 0 Å². The highest BCUT2D eigenvalue weighted by Gasteiger charge is 2.15. The van der Waals surface area contributed by atoms with E-state index in [-0.39, 0.29) is 5.91 Å². The fraction of sp³-hybridized carbons (Fsp3) is 0.667. The van der Waals surface area contributed by atoms with E-state index in [0.29, 0.717) is 12.2 Å². The molecule has 6 heteroatoms. The summed E-state index contributed by atoms with van der Waals surface area (Å²) in [6.45, 7) is 3.25. The first-order valence-corrected chi connectivity index (χ1v) is 6.39. The maximum atomic E-state index is 11.8. The molecule has 1 aliphatic heterocycles. The Bertz CT molecular complexity index is 379. The van der Waals surface area contributed by atoms with Gasteiger partial charge in [0, 0.05) is 39.5 Å². The number of fused-ring (bicyclic) bond motifs is 1. The molecule has 0 aromatic carbocycles. The Hall–Kier alpha value is -1.56. The summed E-state index contributed by atoms with van der Waals surface area (Å²) in [5.74, 6) is 0.696. The van der Waals surface area contributed by atoms with Gasteiger partial charge in [-0.1, -0.05) is 0 Å². The number of hydrogen-bond donors (Lipinski definition) is 2. The molecule has 0 spiro atoms. The second-order valence-electron chi connectivity index (χ2n) is 4.38. The average Bonchev–Trinajstić information content (AvgIpc) is 2.82. The van der Waals surface area contributed by atoms with Crippen LogP contribution in [0, 0.1) is 0 Å². The molecule has 2 rings (SSSR count). The van der Waals surface area contributed by atoms with Crippen LogP contribution in [-0.4, -0.2) is 42.3 Å². The van der Waals surface area contributed by atoms with Crippen molar-refractivity contribution in [2.45, 2.75) is 25.8 Å². The maximum absolute atomic E-state index is 11.8. The Balaban J connectivity index is 1.80. The third-order valence-electron chi connectivity index (χ3n) is 2.93. The minimum absolute atomic E-state index is 0.101. The molecular formula is C12H20N4O2. The Morgan fingerprint density at radius 3 is 3.28 bits per heavy atom. The maximum Gasteiger partial charge on any atom is 0.271 e. The molecule has 0 aliphatic carbocycles. The topological polar surface area (TPSA) is 68.2 Å². The summed E-state index contributed by atoms with van der Waals surface area (Å²) >= 11 is 0. The number of carbonyl (C=O) groups excluding carboxylic acids is 1. The van der Waals surface area contributed by atoms with Gasteiger partial charge in [-0.15, -0.1) is 0 Å². The van der Waals surface area contributed by atoms with Gasteiger partial charge in [0.1, 0.15) is 5.69 Å². The number of ether oxygens (including phenoxy) is 1. The van der Waals surface area contributed by atoms with E-state index >= 15 is 0 Å². The number of rotatable bonds is 6. The number of methoxy groups -OCH3 is 1. The zero-order valence-corrected chi connectivity index (χ0v) is 10.7. The van der Waals surface area contributed by atoms with Gasteiger partial charge in [0.25, 0.3) is 5.91 Å². The normalized spacial score (nSPS) is 13.8. The van der Waals surface area contributed by atoms with Gasteiger partial charge in [0.15, 0.2) is 0 Å². The summed E-state index contributed by atoms with van der Waals surface area (Å²) in [7, 11) is 1.68. The number of nitrogens with zero attached hydrogens (tertiary/aromatic N) is 2. The molecular weight excluding hydrogens is 232 g/mol. The van der Waals surface area contributed by atoms with Gasteiger partial charge < -0.3 is 19.9 Å². The number of hydrogen-bond acceptors (Lipinski definition) is 4. The number of anilines is 1. The Morgan fingerprint density at radius 2 is 2.50 bits per heavy atom. The number of carbonyl (C=O) groups is 1. The summed E-state index contributed by atoms with van der Waals surface area (Å²) in [5.41, 5.74) is 0.492. The van der Waals surface area contributed by atoms with Crippen LogP contribution in [0.15, 0.2) is 6.20 Å². The quantitative estimate of drug-likeness (QED) is 0.737. The Morgan fingerprint density at radius 1 is 1.61 bits per heavy atom. The summed E-state index contributed by atoms with van der Waals surface area (Å²) < 4.78 is 6.94. The monoisotopic (exact) mass is 252 g/mol. The van der Waals surface area contributed by atoms with E-state index in [1.165, 1.54) is 0 Å². The van der Waals surface area contributed by atoms with Gasteiger partial charge >= 0.3 is 0 Å². The molecule has 0 atom stereocenters. The van der Waals surface area contributed by atoms with Crippen LogP contribution in [0.4, 0.5) is 5.95 Å². The van der Waals surface area contributed by atoms with Gasteiger partial charge in [-0.05, 0) is 19.3 Å². The van der Waals surface area contributed by atoms with Crippen LogP contribution in [0.1, 0.15) is 29.8 Å². The number of unbranched alkanes of at least 4 members (excludes halogenated alkanes) is 1. The molecule has 0 fully saturated rings. The molecule has 100 valence electrons. The lowest BCUT2D eigenvalue weighted by molar-refractivity contribution is 0.0947. The summed E-state index contributed by atoms with van der Waals surface area (Å²) in [6, 6.07) is 0. The molecule has 0 saturated carbocycles. The van der Waals surface area contributed by atoms with E-state index in [2.05, 4.69) is 15.6 Å². The summed E-state index contributed by atoms with van der Waals surface area (Å²) in [6.07, 6.45) is 4.76. The molecule has 0 saturated heterocycles. The second-order valence-corrected chi connectivity index (χ2v) is 4.38. The second kappa shape index (κ2) is 6.39. The van der Waals surface area contributed by atoms with E-state index in [1.807, 2.05) is 10.8 Å². The van der Waals surface area contributed by atoms with E-state index < -0.39 is 0 Å². The van der Waals surface area contributed by atoms with Crippen LogP contribution in [0.25, 0.3) is 0 Å². The molecule has 0 radical (unpaired) electrons. The van der Waals surface area contributed by atoms with Crippen molar-refractivity contribution in [3.05, 3.63) is 11.9 Å². The smallest absolute Gasteiger partial charge is 0.271 e. The third kappa shape index (κ3) is 3.22. The number of nitrogens with one attached hydrogen (secondary N) is 2. The molecule has 1 amide bonds. The van der Waals surface area contributed by atoms with Gasteiger partial charge in [-0.3, -0.25) is 4.79 Å². The number of aromatic nitrogens is 2. The molecule has 0 bridgehead atoms. The number of amides is 1. The van der Waals surface area contributed by atoms with Crippen LogP contribution in [0.2, 0.25) is 0 Å². The van der Waals surface area contributed by atoms with Gasteiger partial charge in [0.05, 0.1) is 0 Å². The first-order valence-electron chi connectivity index (χ1n) is 6.39.